The number of likely N-dealkylation sites (tertiary alicyclic amines) is 1. The highest BCUT2D eigenvalue weighted by Crippen LogP contribution is 2.40. The summed E-state index contributed by atoms with van der Waals surface area (Å²) in [4.78, 5) is 32.7. The van der Waals surface area contributed by atoms with Crippen LogP contribution >= 0.6 is 0 Å². The molecule has 1 aromatic heterocycles. The summed E-state index contributed by atoms with van der Waals surface area (Å²) in [7, 11) is 1.32. The lowest BCUT2D eigenvalue weighted by Gasteiger charge is -2.48. The highest BCUT2D eigenvalue weighted by molar-refractivity contribution is 5.91. The second-order valence-electron chi connectivity index (χ2n) is 7.53. The molecule has 2 aliphatic rings. The van der Waals surface area contributed by atoms with Crippen molar-refractivity contribution in [2.75, 3.05) is 38.2 Å². The van der Waals surface area contributed by atoms with E-state index in [1.807, 2.05) is 11.8 Å². The van der Waals surface area contributed by atoms with E-state index in [0.29, 0.717) is 29.1 Å². The number of rotatable bonds is 3. The number of nitrogens with zero attached hydrogens (tertiary/aromatic N) is 4. The summed E-state index contributed by atoms with van der Waals surface area (Å²) in [6.07, 6.45) is 3.53. The van der Waals surface area contributed by atoms with Gasteiger partial charge in [0.2, 0.25) is 5.91 Å². The molecule has 0 unspecified atom stereocenters. The van der Waals surface area contributed by atoms with Crippen molar-refractivity contribution in [2.45, 2.75) is 39.5 Å². The fourth-order valence-corrected chi connectivity index (χ4v) is 4.34. The topological polar surface area (TPSA) is 86.5 Å². The summed E-state index contributed by atoms with van der Waals surface area (Å²) in [5, 5.41) is 9.61. The molecular weight excluding hydrogens is 344 g/mol. The number of anilines is 1. The van der Waals surface area contributed by atoms with Gasteiger partial charge in [0.25, 0.3) is 0 Å². The number of hydrogen-bond acceptors (Lipinski definition) is 6. The molecule has 1 atom stereocenters. The molecule has 3 rings (SSSR count). The van der Waals surface area contributed by atoms with Crippen LogP contribution in [0.2, 0.25) is 0 Å². The van der Waals surface area contributed by atoms with Crippen LogP contribution in [-0.4, -0.2) is 55.0 Å². The van der Waals surface area contributed by atoms with E-state index in [4.69, 9.17) is 4.74 Å². The fraction of sp³-hybridized carbons (Fsp3) is 0.600. The monoisotopic (exact) mass is 370 g/mol. The molecule has 7 nitrogen and oxygen atoms in total. The van der Waals surface area contributed by atoms with Crippen molar-refractivity contribution in [1.29, 1.82) is 5.26 Å². The second kappa shape index (κ2) is 7.55. The predicted octanol–water partition coefficient (Wildman–Crippen LogP) is 2.28. The number of carbonyl (C=O) groups excluding carboxylic acids is 2. The van der Waals surface area contributed by atoms with Crippen LogP contribution in [0.1, 0.15) is 54.2 Å². The zero-order valence-electron chi connectivity index (χ0n) is 16.2. The van der Waals surface area contributed by atoms with E-state index in [-0.39, 0.29) is 11.3 Å². The van der Waals surface area contributed by atoms with Gasteiger partial charge in [-0.05, 0) is 39.2 Å². The van der Waals surface area contributed by atoms with Gasteiger partial charge in [-0.25, -0.2) is 9.78 Å². The first kappa shape index (κ1) is 19.2. The summed E-state index contributed by atoms with van der Waals surface area (Å²) >= 11 is 0. The summed E-state index contributed by atoms with van der Waals surface area (Å²) in [5.74, 6) is 0.374. The number of aromatic nitrogens is 1. The number of methoxy groups -OCH3 is 1. The lowest BCUT2D eigenvalue weighted by Crippen LogP contribution is -2.54. The molecule has 27 heavy (non-hydrogen) atoms. The van der Waals surface area contributed by atoms with Crippen molar-refractivity contribution < 1.29 is 14.3 Å². The van der Waals surface area contributed by atoms with Crippen molar-refractivity contribution in [2.24, 2.45) is 5.41 Å². The van der Waals surface area contributed by atoms with E-state index in [2.05, 4.69) is 16.0 Å². The van der Waals surface area contributed by atoms with Gasteiger partial charge in [0.05, 0.1) is 23.9 Å². The Morgan fingerprint density at radius 2 is 2.19 bits per heavy atom. The summed E-state index contributed by atoms with van der Waals surface area (Å²) < 4.78 is 4.79. The van der Waals surface area contributed by atoms with E-state index in [1.54, 1.807) is 13.0 Å². The lowest BCUT2D eigenvalue weighted by molar-refractivity contribution is -0.137. The minimum Gasteiger partial charge on any atom is -0.465 e. The SMILES string of the molecule is CCN1C[C@]2(CCCN(c3nc(C)c(C(=O)OC)cc3C#N)C2)CCC1=O. The van der Waals surface area contributed by atoms with Crippen LogP contribution in [-0.2, 0) is 9.53 Å². The molecule has 1 amide bonds. The van der Waals surface area contributed by atoms with Crippen LogP contribution in [0.15, 0.2) is 6.07 Å². The molecule has 0 radical (unpaired) electrons. The van der Waals surface area contributed by atoms with Gasteiger partial charge in [0, 0.05) is 38.0 Å². The van der Waals surface area contributed by atoms with Gasteiger partial charge in [0.15, 0.2) is 0 Å². The average Bonchev–Trinajstić information content (AvgIpc) is 2.69. The Bertz CT molecular complexity index is 801. The molecule has 1 aromatic rings. The largest absolute Gasteiger partial charge is 0.465 e. The van der Waals surface area contributed by atoms with Gasteiger partial charge in [-0.2, -0.15) is 5.26 Å². The Morgan fingerprint density at radius 3 is 2.85 bits per heavy atom. The van der Waals surface area contributed by atoms with Gasteiger partial charge in [-0.15, -0.1) is 0 Å². The quantitative estimate of drug-likeness (QED) is 0.759. The first-order valence-corrected chi connectivity index (χ1v) is 9.46. The van der Waals surface area contributed by atoms with Crippen LogP contribution in [0.3, 0.4) is 0 Å². The maximum absolute atomic E-state index is 12.1. The van der Waals surface area contributed by atoms with Crippen molar-refractivity contribution >= 4 is 17.7 Å². The Kier molecular flexibility index (Phi) is 5.36. The van der Waals surface area contributed by atoms with Crippen LogP contribution < -0.4 is 4.90 Å². The second-order valence-corrected chi connectivity index (χ2v) is 7.53. The van der Waals surface area contributed by atoms with Crippen LogP contribution in [0.4, 0.5) is 5.82 Å². The normalized spacial score (nSPS) is 22.7. The van der Waals surface area contributed by atoms with Crippen molar-refractivity contribution in [1.82, 2.24) is 9.88 Å². The number of aryl methyl sites for hydroxylation is 1. The molecule has 0 N–H and O–H groups in total. The van der Waals surface area contributed by atoms with Crippen LogP contribution in [0.25, 0.3) is 0 Å². The number of carbonyl (C=O) groups is 2. The number of nitriles is 1. The van der Waals surface area contributed by atoms with Crippen molar-refractivity contribution in [3.8, 4) is 6.07 Å². The molecule has 2 aliphatic heterocycles. The highest BCUT2D eigenvalue weighted by Gasteiger charge is 2.42. The van der Waals surface area contributed by atoms with E-state index in [1.165, 1.54) is 7.11 Å². The van der Waals surface area contributed by atoms with Gasteiger partial charge < -0.3 is 14.5 Å². The fourth-order valence-electron chi connectivity index (χ4n) is 4.34. The molecule has 2 saturated heterocycles. The first-order valence-electron chi connectivity index (χ1n) is 9.46. The summed E-state index contributed by atoms with van der Waals surface area (Å²) in [5.41, 5.74) is 1.32. The standard InChI is InChI=1S/C20H26N4O3/c1-4-23-12-20(8-6-17(23)25)7-5-9-24(13-20)18-15(11-21)10-16(14(2)22-18)19(26)27-3/h10H,4-9,12-13H2,1-3H3/t20-/m0/s1. The zero-order chi connectivity index (χ0) is 19.6. The molecule has 1 spiro atoms. The number of piperidine rings is 2. The summed E-state index contributed by atoms with van der Waals surface area (Å²) in [6.45, 7) is 6.86. The molecule has 3 heterocycles. The Hall–Kier alpha value is -2.62. The van der Waals surface area contributed by atoms with Gasteiger partial charge in [-0.3, -0.25) is 4.79 Å². The van der Waals surface area contributed by atoms with E-state index < -0.39 is 5.97 Å². The molecule has 144 valence electrons. The van der Waals surface area contributed by atoms with Crippen LogP contribution in [0.5, 0.6) is 0 Å². The number of amides is 1. The maximum Gasteiger partial charge on any atom is 0.339 e. The van der Waals surface area contributed by atoms with Crippen LogP contribution in [0, 0.1) is 23.7 Å². The van der Waals surface area contributed by atoms with E-state index in [0.717, 1.165) is 45.4 Å². The minimum atomic E-state index is -0.484. The summed E-state index contributed by atoms with van der Waals surface area (Å²) in [6, 6.07) is 3.76. The van der Waals surface area contributed by atoms with Crippen molar-refractivity contribution in [3.05, 3.63) is 22.9 Å². The van der Waals surface area contributed by atoms with E-state index in [9.17, 15) is 14.9 Å². The lowest BCUT2D eigenvalue weighted by atomic mass is 9.73. The highest BCUT2D eigenvalue weighted by atomic mass is 16.5. The third-order valence-electron chi connectivity index (χ3n) is 5.81. The first-order chi connectivity index (χ1) is 12.9. The Morgan fingerprint density at radius 1 is 1.41 bits per heavy atom. The molecule has 7 heteroatoms. The van der Waals surface area contributed by atoms with Gasteiger partial charge >= 0.3 is 5.97 Å². The number of pyridine rings is 1. The predicted molar refractivity (Wildman–Crippen MR) is 100 cm³/mol. The average molecular weight is 370 g/mol. The Balaban J connectivity index is 1.90. The minimum absolute atomic E-state index is 0.0471. The molecule has 0 saturated carbocycles. The number of ether oxygens (including phenoxy) is 1. The van der Waals surface area contributed by atoms with Gasteiger partial charge in [-0.1, -0.05) is 0 Å². The molecule has 0 aliphatic carbocycles. The molecule has 0 aromatic carbocycles. The Labute approximate surface area is 159 Å². The third-order valence-corrected chi connectivity index (χ3v) is 5.81. The number of hydrogen-bond donors (Lipinski definition) is 0. The molecule has 2 fully saturated rings. The zero-order valence-corrected chi connectivity index (χ0v) is 16.2. The molecular formula is C20H26N4O3. The maximum atomic E-state index is 12.1. The van der Waals surface area contributed by atoms with Gasteiger partial charge in [0.1, 0.15) is 11.9 Å². The molecule has 0 bridgehead atoms. The van der Waals surface area contributed by atoms with E-state index >= 15 is 0 Å². The number of esters is 1. The smallest absolute Gasteiger partial charge is 0.339 e. The third kappa shape index (κ3) is 3.61. The van der Waals surface area contributed by atoms with Crippen molar-refractivity contribution in [3.63, 3.8) is 0 Å².